The zero-order valence-corrected chi connectivity index (χ0v) is 9.25. The summed E-state index contributed by atoms with van der Waals surface area (Å²) < 4.78 is 10.6. The van der Waals surface area contributed by atoms with Crippen LogP contribution in [0.5, 0.6) is 5.75 Å². The van der Waals surface area contributed by atoms with Gasteiger partial charge in [-0.2, -0.15) is 0 Å². The molecule has 2 N–H and O–H groups in total. The van der Waals surface area contributed by atoms with Gasteiger partial charge in [-0.15, -0.1) is 0 Å². The smallest absolute Gasteiger partial charge is 0.122 e. The maximum Gasteiger partial charge on any atom is 0.122 e. The monoisotopic (exact) mass is 207 g/mol. The van der Waals surface area contributed by atoms with Gasteiger partial charge in [0.2, 0.25) is 0 Å². The topological polar surface area (TPSA) is 44.5 Å². The molecule has 1 saturated heterocycles. The predicted molar refractivity (Wildman–Crippen MR) is 59.0 cm³/mol. The van der Waals surface area contributed by atoms with Gasteiger partial charge in [-0.3, -0.25) is 0 Å². The zero-order valence-electron chi connectivity index (χ0n) is 9.25. The molecule has 1 aromatic carbocycles. The molecule has 82 valence electrons. The first kappa shape index (κ1) is 10.5. The predicted octanol–water partition coefficient (Wildman–Crippen LogP) is 1.58. The van der Waals surface area contributed by atoms with E-state index >= 15 is 0 Å². The second-order valence-corrected chi connectivity index (χ2v) is 4.06. The fraction of sp³-hybridized carbons (Fsp3) is 0.500. The number of benzene rings is 1. The lowest BCUT2D eigenvalue weighted by molar-refractivity contribution is -0.0569. The number of nitrogens with two attached hydrogens (primary N) is 1. The molecule has 0 saturated carbocycles. The third kappa shape index (κ3) is 1.85. The molecule has 1 aliphatic heterocycles. The Balaban J connectivity index is 2.25. The van der Waals surface area contributed by atoms with E-state index in [0.29, 0.717) is 19.8 Å². The van der Waals surface area contributed by atoms with Crippen molar-refractivity contribution in [3.8, 4) is 5.75 Å². The summed E-state index contributed by atoms with van der Waals surface area (Å²) in [5.41, 5.74) is 8.13. The van der Waals surface area contributed by atoms with Crippen LogP contribution in [0.1, 0.15) is 18.1 Å². The lowest BCUT2D eigenvalue weighted by Gasteiger charge is -2.38. The second kappa shape index (κ2) is 3.83. The largest absolute Gasteiger partial charge is 0.494 e. The quantitative estimate of drug-likeness (QED) is 0.818. The number of aryl methyl sites for hydroxylation is 1. The Labute approximate surface area is 90.2 Å². The van der Waals surface area contributed by atoms with Gasteiger partial charge in [-0.1, -0.05) is 12.1 Å². The van der Waals surface area contributed by atoms with E-state index in [2.05, 4.69) is 6.07 Å². The van der Waals surface area contributed by atoms with Crippen molar-refractivity contribution >= 4 is 0 Å². The molecule has 1 heterocycles. The van der Waals surface area contributed by atoms with Gasteiger partial charge in [0.05, 0.1) is 25.4 Å². The lowest BCUT2D eigenvalue weighted by Crippen LogP contribution is -2.54. The van der Waals surface area contributed by atoms with E-state index < -0.39 is 0 Å². The Morgan fingerprint density at radius 3 is 2.67 bits per heavy atom. The van der Waals surface area contributed by atoms with Gasteiger partial charge in [-0.05, 0) is 31.0 Å². The number of hydrogen-bond acceptors (Lipinski definition) is 3. The Morgan fingerprint density at radius 1 is 1.47 bits per heavy atom. The van der Waals surface area contributed by atoms with E-state index in [-0.39, 0.29) is 5.54 Å². The van der Waals surface area contributed by atoms with Crippen LogP contribution < -0.4 is 10.5 Å². The lowest BCUT2D eigenvalue weighted by atomic mass is 9.88. The fourth-order valence-corrected chi connectivity index (χ4v) is 1.77. The average molecular weight is 207 g/mol. The molecule has 2 rings (SSSR count). The Hall–Kier alpha value is -1.06. The van der Waals surface area contributed by atoms with Crippen molar-refractivity contribution in [2.24, 2.45) is 5.73 Å². The first-order chi connectivity index (χ1) is 7.15. The molecule has 0 spiro atoms. The summed E-state index contributed by atoms with van der Waals surface area (Å²) in [5, 5.41) is 0. The number of rotatable bonds is 3. The summed E-state index contributed by atoms with van der Waals surface area (Å²) in [6, 6.07) is 6.11. The zero-order chi connectivity index (χ0) is 10.9. The highest BCUT2D eigenvalue weighted by molar-refractivity contribution is 5.39. The maximum absolute atomic E-state index is 6.15. The van der Waals surface area contributed by atoms with Crippen molar-refractivity contribution in [2.75, 3.05) is 19.8 Å². The highest BCUT2D eigenvalue weighted by Gasteiger charge is 2.36. The highest BCUT2D eigenvalue weighted by Crippen LogP contribution is 2.30. The highest BCUT2D eigenvalue weighted by atomic mass is 16.5. The maximum atomic E-state index is 6.15. The van der Waals surface area contributed by atoms with Gasteiger partial charge in [0.15, 0.2) is 0 Å². The molecule has 1 fully saturated rings. The summed E-state index contributed by atoms with van der Waals surface area (Å²) in [6.45, 7) is 5.94. The molecule has 3 heteroatoms. The van der Waals surface area contributed by atoms with Crippen molar-refractivity contribution in [1.29, 1.82) is 0 Å². The van der Waals surface area contributed by atoms with Gasteiger partial charge in [0, 0.05) is 0 Å². The molecule has 0 bridgehead atoms. The van der Waals surface area contributed by atoms with Gasteiger partial charge in [-0.25, -0.2) is 0 Å². The van der Waals surface area contributed by atoms with Gasteiger partial charge < -0.3 is 15.2 Å². The van der Waals surface area contributed by atoms with Crippen molar-refractivity contribution in [2.45, 2.75) is 19.4 Å². The average Bonchev–Trinajstić information content (AvgIpc) is 2.18. The van der Waals surface area contributed by atoms with Gasteiger partial charge >= 0.3 is 0 Å². The molecule has 0 aromatic heterocycles. The standard InChI is InChI=1S/C12H17NO2/c1-3-15-11-5-4-10(6-9(11)2)12(13)7-14-8-12/h4-6H,3,7-8,13H2,1-2H3. The van der Waals surface area contributed by atoms with Crippen LogP contribution in [-0.2, 0) is 10.3 Å². The molecular formula is C12H17NO2. The van der Waals surface area contributed by atoms with Crippen LogP contribution in [0.15, 0.2) is 18.2 Å². The summed E-state index contributed by atoms with van der Waals surface area (Å²) in [6.07, 6.45) is 0. The van der Waals surface area contributed by atoms with E-state index in [9.17, 15) is 0 Å². The van der Waals surface area contributed by atoms with Gasteiger partial charge in [0.1, 0.15) is 5.75 Å². The van der Waals surface area contributed by atoms with Crippen molar-refractivity contribution in [3.05, 3.63) is 29.3 Å². The van der Waals surface area contributed by atoms with Crippen molar-refractivity contribution < 1.29 is 9.47 Å². The number of hydrogen-bond donors (Lipinski definition) is 1. The van der Waals surface area contributed by atoms with Crippen LogP contribution in [0, 0.1) is 6.92 Å². The molecule has 0 amide bonds. The SMILES string of the molecule is CCOc1ccc(C2(N)COC2)cc1C. The van der Waals surface area contributed by atoms with E-state index in [1.165, 1.54) is 0 Å². The Kier molecular flexibility index (Phi) is 2.67. The first-order valence-electron chi connectivity index (χ1n) is 5.26. The third-order valence-electron chi connectivity index (χ3n) is 2.77. The summed E-state index contributed by atoms with van der Waals surface area (Å²) in [4.78, 5) is 0. The third-order valence-corrected chi connectivity index (χ3v) is 2.77. The van der Waals surface area contributed by atoms with Gasteiger partial charge in [0.25, 0.3) is 0 Å². The summed E-state index contributed by atoms with van der Waals surface area (Å²) >= 11 is 0. The molecule has 0 aliphatic carbocycles. The minimum Gasteiger partial charge on any atom is -0.494 e. The van der Waals surface area contributed by atoms with Crippen molar-refractivity contribution in [3.63, 3.8) is 0 Å². The van der Waals surface area contributed by atoms with Crippen LogP contribution in [0.25, 0.3) is 0 Å². The van der Waals surface area contributed by atoms with E-state index in [1.807, 2.05) is 26.0 Å². The fourth-order valence-electron chi connectivity index (χ4n) is 1.77. The van der Waals surface area contributed by atoms with Crippen LogP contribution in [0.3, 0.4) is 0 Å². The van der Waals surface area contributed by atoms with E-state index in [4.69, 9.17) is 15.2 Å². The molecular weight excluding hydrogens is 190 g/mol. The molecule has 0 atom stereocenters. The van der Waals surface area contributed by atoms with E-state index in [0.717, 1.165) is 16.9 Å². The molecule has 15 heavy (non-hydrogen) atoms. The Morgan fingerprint density at radius 2 is 2.20 bits per heavy atom. The van der Waals surface area contributed by atoms with Crippen LogP contribution in [0.4, 0.5) is 0 Å². The minimum absolute atomic E-state index is 0.282. The number of ether oxygens (including phenoxy) is 2. The van der Waals surface area contributed by atoms with Crippen LogP contribution in [0.2, 0.25) is 0 Å². The molecule has 1 aromatic rings. The van der Waals surface area contributed by atoms with E-state index in [1.54, 1.807) is 0 Å². The minimum atomic E-state index is -0.282. The van der Waals surface area contributed by atoms with Crippen molar-refractivity contribution in [1.82, 2.24) is 0 Å². The second-order valence-electron chi connectivity index (χ2n) is 4.06. The molecule has 0 unspecified atom stereocenters. The molecule has 3 nitrogen and oxygen atoms in total. The molecule has 0 radical (unpaired) electrons. The Bertz CT molecular complexity index is 359. The van der Waals surface area contributed by atoms with Crippen LogP contribution >= 0.6 is 0 Å². The molecule has 1 aliphatic rings. The normalized spacial score (nSPS) is 18.3. The van der Waals surface area contributed by atoms with Crippen LogP contribution in [-0.4, -0.2) is 19.8 Å². The summed E-state index contributed by atoms with van der Waals surface area (Å²) in [5.74, 6) is 0.935. The summed E-state index contributed by atoms with van der Waals surface area (Å²) in [7, 11) is 0. The first-order valence-corrected chi connectivity index (χ1v) is 5.26.